The Bertz CT molecular complexity index is 698. The summed E-state index contributed by atoms with van der Waals surface area (Å²) in [6.45, 7) is 2.99. The van der Waals surface area contributed by atoms with Crippen molar-refractivity contribution in [1.29, 1.82) is 0 Å². The van der Waals surface area contributed by atoms with Crippen molar-refractivity contribution in [2.24, 2.45) is 7.05 Å². The van der Waals surface area contributed by atoms with E-state index in [1.807, 2.05) is 52.9 Å². The van der Waals surface area contributed by atoms with Crippen LogP contribution >= 0.6 is 0 Å². The highest BCUT2D eigenvalue weighted by Crippen LogP contribution is 2.10. The summed E-state index contributed by atoms with van der Waals surface area (Å²) in [6.07, 6.45) is 6.76. The van der Waals surface area contributed by atoms with Gasteiger partial charge in [0.1, 0.15) is 5.82 Å². The van der Waals surface area contributed by atoms with Crippen LogP contribution in [0.1, 0.15) is 24.4 Å². The molecule has 6 heteroatoms. The van der Waals surface area contributed by atoms with Crippen molar-refractivity contribution < 1.29 is 0 Å². The van der Waals surface area contributed by atoms with Crippen LogP contribution in [-0.2, 0) is 13.5 Å². The van der Waals surface area contributed by atoms with Gasteiger partial charge in [-0.3, -0.25) is 9.08 Å². The standard InChI is InChI=1S/C14H18N6/c1-11(12-9-16-19(2)10-12)15-7-6-14-18-17-13-5-3-4-8-20(13)14/h3-5,8-11,15H,6-7H2,1-2H3. The van der Waals surface area contributed by atoms with E-state index in [9.17, 15) is 0 Å². The molecule has 1 atom stereocenters. The second-order valence-corrected chi connectivity index (χ2v) is 4.92. The van der Waals surface area contributed by atoms with E-state index in [2.05, 4.69) is 27.5 Å². The lowest BCUT2D eigenvalue weighted by atomic mass is 10.2. The number of aromatic nitrogens is 5. The molecule has 0 bridgehead atoms. The van der Waals surface area contributed by atoms with Crippen molar-refractivity contribution in [3.8, 4) is 0 Å². The monoisotopic (exact) mass is 270 g/mol. The van der Waals surface area contributed by atoms with E-state index in [0.29, 0.717) is 0 Å². The zero-order valence-corrected chi connectivity index (χ0v) is 11.7. The normalized spacial score (nSPS) is 12.9. The summed E-state index contributed by atoms with van der Waals surface area (Å²) in [7, 11) is 1.93. The van der Waals surface area contributed by atoms with E-state index in [-0.39, 0.29) is 6.04 Å². The molecule has 6 nitrogen and oxygen atoms in total. The third-order valence-corrected chi connectivity index (χ3v) is 3.41. The van der Waals surface area contributed by atoms with Crippen LogP contribution in [0.25, 0.3) is 5.65 Å². The third-order valence-electron chi connectivity index (χ3n) is 3.41. The minimum absolute atomic E-state index is 0.280. The van der Waals surface area contributed by atoms with Crippen molar-refractivity contribution in [2.45, 2.75) is 19.4 Å². The highest BCUT2D eigenvalue weighted by Gasteiger charge is 2.08. The highest BCUT2D eigenvalue weighted by atomic mass is 15.2. The number of pyridine rings is 1. The van der Waals surface area contributed by atoms with Crippen LogP contribution < -0.4 is 5.32 Å². The Morgan fingerprint density at radius 3 is 3.00 bits per heavy atom. The maximum Gasteiger partial charge on any atom is 0.160 e. The lowest BCUT2D eigenvalue weighted by molar-refractivity contribution is 0.568. The predicted octanol–water partition coefficient (Wildman–Crippen LogP) is 1.36. The lowest BCUT2D eigenvalue weighted by Crippen LogP contribution is -2.21. The van der Waals surface area contributed by atoms with Gasteiger partial charge in [-0.15, -0.1) is 10.2 Å². The van der Waals surface area contributed by atoms with Gasteiger partial charge in [0, 0.05) is 44.0 Å². The molecule has 0 saturated heterocycles. The van der Waals surface area contributed by atoms with Gasteiger partial charge in [-0.05, 0) is 19.1 Å². The first-order valence-electron chi connectivity index (χ1n) is 6.74. The van der Waals surface area contributed by atoms with Crippen molar-refractivity contribution in [1.82, 2.24) is 29.7 Å². The minimum Gasteiger partial charge on any atom is -0.310 e. The summed E-state index contributed by atoms with van der Waals surface area (Å²) < 4.78 is 3.84. The van der Waals surface area contributed by atoms with E-state index in [4.69, 9.17) is 0 Å². The first kappa shape index (κ1) is 12.8. The number of aryl methyl sites for hydroxylation is 1. The van der Waals surface area contributed by atoms with Gasteiger partial charge in [0.05, 0.1) is 6.20 Å². The molecule has 0 aliphatic carbocycles. The summed E-state index contributed by atoms with van der Waals surface area (Å²) in [4.78, 5) is 0. The maximum absolute atomic E-state index is 4.23. The van der Waals surface area contributed by atoms with Crippen LogP contribution in [0.2, 0.25) is 0 Å². The van der Waals surface area contributed by atoms with E-state index in [1.54, 1.807) is 0 Å². The van der Waals surface area contributed by atoms with Crippen LogP contribution in [0.4, 0.5) is 0 Å². The van der Waals surface area contributed by atoms with Crippen LogP contribution in [0.5, 0.6) is 0 Å². The summed E-state index contributed by atoms with van der Waals surface area (Å²) in [5.74, 6) is 0.978. The Morgan fingerprint density at radius 2 is 2.20 bits per heavy atom. The molecule has 3 aromatic heterocycles. The fourth-order valence-corrected chi connectivity index (χ4v) is 2.24. The Morgan fingerprint density at radius 1 is 1.30 bits per heavy atom. The molecule has 104 valence electrons. The summed E-state index contributed by atoms with van der Waals surface area (Å²) in [5.41, 5.74) is 2.08. The smallest absolute Gasteiger partial charge is 0.160 e. The van der Waals surface area contributed by atoms with Crippen molar-refractivity contribution >= 4 is 5.65 Å². The van der Waals surface area contributed by atoms with Crippen molar-refractivity contribution in [3.05, 3.63) is 48.2 Å². The highest BCUT2D eigenvalue weighted by molar-refractivity contribution is 5.37. The van der Waals surface area contributed by atoms with Gasteiger partial charge in [-0.1, -0.05) is 6.07 Å². The third kappa shape index (κ3) is 2.55. The minimum atomic E-state index is 0.280. The van der Waals surface area contributed by atoms with Crippen LogP contribution in [0.15, 0.2) is 36.8 Å². The van der Waals surface area contributed by atoms with Crippen molar-refractivity contribution in [3.63, 3.8) is 0 Å². The molecule has 0 saturated carbocycles. The summed E-state index contributed by atoms with van der Waals surface area (Å²) in [6, 6.07) is 6.20. The van der Waals surface area contributed by atoms with E-state index < -0.39 is 0 Å². The van der Waals surface area contributed by atoms with Gasteiger partial charge in [0.15, 0.2) is 5.65 Å². The van der Waals surface area contributed by atoms with Gasteiger partial charge < -0.3 is 5.32 Å². The van der Waals surface area contributed by atoms with Crippen LogP contribution in [0, 0.1) is 0 Å². The second kappa shape index (κ2) is 5.42. The first-order chi connectivity index (χ1) is 9.74. The van der Waals surface area contributed by atoms with Crippen molar-refractivity contribution in [2.75, 3.05) is 6.54 Å². The molecule has 20 heavy (non-hydrogen) atoms. The molecule has 0 fully saturated rings. The Hall–Kier alpha value is -2.21. The molecule has 0 radical (unpaired) electrons. The summed E-state index contributed by atoms with van der Waals surface area (Å²) in [5, 5.41) is 16.0. The number of fused-ring (bicyclic) bond motifs is 1. The molecule has 0 aliphatic heterocycles. The first-order valence-corrected chi connectivity index (χ1v) is 6.74. The Labute approximate surface area is 117 Å². The number of rotatable bonds is 5. The molecule has 3 heterocycles. The number of hydrogen-bond acceptors (Lipinski definition) is 4. The lowest BCUT2D eigenvalue weighted by Gasteiger charge is -2.11. The molecule has 0 aliphatic rings. The summed E-state index contributed by atoms with van der Waals surface area (Å²) >= 11 is 0. The molecular weight excluding hydrogens is 252 g/mol. The average molecular weight is 270 g/mol. The number of nitrogens with one attached hydrogen (secondary N) is 1. The molecule has 3 aromatic rings. The molecule has 0 spiro atoms. The zero-order chi connectivity index (χ0) is 13.9. The van der Waals surface area contributed by atoms with Gasteiger partial charge in [-0.25, -0.2) is 0 Å². The van der Waals surface area contributed by atoms with Gasteiger partial charge in [0.25, 0.3) is 0 Å². The zero-order valence-electron chi connectivity index (χ0n) is 11.7. The SMILES string of the molecule is CC(NCCc1nnc2ccccn12)c1cnn(C)c1. The Balaban J connectivity index is 1.60. The predicted molar refractivity (Wildman–Crippen MR) is 76.3 cm³/mol. The fourth-order valence-electron chi connectivity index (χ4n) is 2.24. The van der Waals surface area contributed by atoms with Gasteiger partial charge in [0.2, 0.25) is 0 Å². The van der Waals surface area contributed by atoms with E-state index in [1.165, 1.54) is 5.56 Å². The van der Waals surface area contributed by atoms with Crippen LogP contribution in [0.3, 0.4) is 0 Å². The topological polar surface area (TPSA) is 60.0 Å². The Kier molecular flexibility index (Phi) is 3.47. The average Bonchev–Trinajstić information content (AvgIpc) is 3.06. The molecule has 0 aromatic carbocycles. The van der Waals surface area contributed by atoms with Crippen LogP contribution in [-0.4, -0.2) is 30.9 Å². The maximum atomic E-state index is 4.23. The second-order valence-electron chi connectivity index (χ2n) is 4.92. The molecular formula is C14H18N6. The molecule has 0 amide bonds. The number of nitrogens with zero attached hydrogens (tertiary/aromatic N) is 5. The van der Waals surface area contributed by atoms with E-state index in [0.717, 1.165) is 24.4 Å². The molecule has 1 unspecified atom stereocenters. The molecule has 1 N–H and O–H groups in total. The largest absolute Gasteiger partial charge is 0.310 e. The molecule has 3 rings (SSSR count). The van der Waals surface area contributed by atoms with E-state index >= 15 is 0 Å². The van der Waals surface area contributed by atoms with Gasteiger partial charge >= 0.3 is 0 Å². The quantitative estimate of drug-likeness (QED) is 0.760. The van der Waals surface area contributed by atoms with Gasteiger partial charge in [-0.2, -0.15) is 5.10 Å². The number of hydrogen-bond donors (Lipinski definition) is 1. The fraction of sp³-hybridized carbons (Fsp3) is 0.357.